The van der Waals surface area contributed by atoms with Crippen LogP contribution >= 0.6 is 0 Å². The van der Waals surface area contributed by atoms with Crippen molar-refractivity contribution in [2.45, 2.75) is 43.5 Å². The second-order valence-corrected chi connectivity index (χ2v) is 9.22. The van der Waals surface area contributed by atoms with E-state index in [0.29, 0.717) is 13.1 Å². The van der Waals surface area contributed by atoms with Gasteiger partial charge in [0.2, 0.25) is 10.0 Å². The quantitative estimate of drug-likeness (QED) is 0.807. The number of fused-ring (bicyclic) bond motifs is 1. The highest BCUT2D eigenvalue weighted by molar-refractivity contribution is 7.89. The molecule has 27 heavy (non-hydrogen) atoms. The number of furan rings is 1. The number of rotatable bonds is 4. The number of carbonyl (C=O) groups excluding carboxylic acids is 1. The maximum Gasteiger partial charge on any atom is 0.289 e. The average molecular weight is 388 g/mol. The molecule has 1 fully saturated rings. The summed E-state index contributed by atoms with van der Waals surface area (Å²) < 4.78 is 32.7. The molecule has 1 aromatic carbocycles. The Morgan fingerprint density at radius 1 is 1.22 bits per heavy atom. The van der Waals surface area contributed by atoms with E-state index in [4.69, 9.17) is 4.42 Å². The van der Waals surface area contributed by atoms with Crippen molar-refractivity contribution in [1.82, 2.24) is 9.21 Å². The molecule has 2 heterocycles. The van der Waals surface area contributed by atoms with Crippen molar-refractivity contribution in [2.24, 2.45) is 0 Å². The Balaban J connectivity index is 1.60. The van der Waals surface area contributed by atoms with Crippen LogP contribution in [-0.2, 0) is 16.4 Å². The fraction of sp³-hybridized carbons (Fsp3) is 0.450. The molecule has 7 heteroatoms. The van der Waals surface area contributed by atoms with Crippen LogP contribution < -0.4 is 0 Å². The Morgan fingerprint density at radius 2 is 1.93 bits per heavy atom. The van der Waals surface area contributed by atoms with Crippen molar-refractivity contribution in [2.75, 3.05) is 20.1 Å². The second kappa shape index (κ2) is 6.80. The lowest BCUT2D eigenvalue weighted by Gasteiger charge is -2.24. The molecule has 2 aromatic rings. The summed E-state index contributed by atoms with van der Waals surface area (Å²) in [6.07, 6.45) is 3.53. The largest absolute Gasteiger partial charge is 0.455 e. The summed E-state index contributed by atoms with van der Waals surface area (Å²) in [5, 5.41) is 0. The standard InChI is InChI=1S/C20H24N2O4S/c1-14-19(27(24,25)22-11-5-6-12-22)13-18(26-14)20(23)21(2)17-10-9-15-7-3-4-8-16(15)17/h3-4,7-8,13,17H,5-6,9-12H2,1-2H3. The Morgan fingerprint density at radius 3 is 2.67 bits per heavy atom. The van der Waals surface area contributed by atoms with Crippen LogP contribution in [-0.4, -0.2) is 43.7 Å². The zero-order valence-corrected chi connectivity index (χ0v) is 16.5. The number of carbonyl (C=O) groups is 1. The zero-order chi connectivity index (χ0) is 19.2. The second-order valence-electron chi connectivity index (χ2n) is 7.31. The predicted molar refractivity (Wildman–Crippen MR) is 101 cm³/mol. The van der Waals surface area contributed by atoms with Crippen molar-refractivity contribution >= 4 is 15.9 Å². The maximum absolute atomic E-state index is 13.0. The van der Waals surface area contributed by atoms with E-state index in [2.05, 4.69) is 6.07 Å². The molecule has 1 saturated heterocycles. The van der Waals surface area contributed by atoms with Gasteiger partial charge in [-0.2, -0.15) is 4.31 Å². The lowest BCUT2D eigenvalue weighted by atomic mass is 10.1. The van der Waals surface area contributed by atoms with Crippen molar-refractivity contribution in [3.63, 3.8) is 0 Å². The van der Waals surface area contributed by atoms with E-state index in [1.165, 1.54) is 15.9 Å². The van der Waals surface area contributed by atoms with Crippen molar-refractivity contribution < 1.29 is 17.6 Å². The highest BCUT2D eigenvalue weighted by Gasteiger charge is 2.34. The van der Waals surface area contributed by atoms with E-state index < -0.39 is 10.0 Å². The van der Waals surface area contributed by atoms with E-state index in [0.717, 1.165) is 31.2 Å². The molecule has 1 unspecified atom stereocenters. The first kappa shape index (κ1) is 18.3. The Labute approximate surface area is 159 Å². The molecule has 0 N–H and O–H groups in total. The minimum Gasteiger partial charge on any atom is -0.455 e. The van der Waals surface area contributed by atoms with Gasteiger partial charge in [0.1, 0.15) is 10.7 Å². The van der Waals surface area contributed by atoms with Crippen LogP contribution in [0.15, 0.2) is 39.6 Å². The molecule has 1 atom stereocenters. The first-order valence-corrected chi connectivity index (χ1v) is 10.8. The predicted octanol–water partition coefficient (Wildman–Crippen LogP) is 3.13. The van der Waals surface area contributed by atoms with Crippen LogP contribution in [0.4, 0.5) is 0 Å². The molecule has 2 aliphatic rings. The molecule has 1 aliphatic heterocycles. The van der Waals surface area contributed by atoms with Gasteiger partial charge in [-0.1, -0.05) is 24.3 Å². The fourth-order valence-corrected chi connectivity index (χ4v) is 5.82. The molecule has 0 spiro atoms. The van der Waals surface area contributed by atoms with E-state index in [9.17, 15) is 13.2 Å². The van der Waals surface area contributed by atoms with Gasteiger partial charge in [-0.25, -0.2) is 8.42 Å². The monoisotopic (exact) mass is 388 g/mol. The normalized spacial score (nSPS) is 20.0. The van der Waals surface area contributed by atoms with Crippen LogP contribution in [0.3, 0.4) is 0 Å². The lowest BCUT2D eigenvalue weighted by Crippen LogP contribution is -2.30. The number of amides is 1. The van der Waals surface area contributed by atoms with Gasteiger partial charge in [0.25, 0.3) is 5.91 Å². The summed E-state index contributed by atoms with van der Waals surface area (Å²) in [4.78, 5) is 14.7. The van der Waals surface area contributed by atoms with E-state index in [1.54, 1.807) is 18.9 Å². The average Bonchev–Trinajstić information content (AvgIpc) is 3.39. The van der Waals surface area contributed by atoms with E-state index >= 15 is 0 Å². The van der Waals surface area contributed by atoms with Gasteiger partial charge in [-0.15, -0.1) is 0 Å². The van der Waals surface area contributed by atoms with Crippen LogP contribution in [0, 0.1) is 6.92 Å². The highest BCUT2D eigenvalue weighted by Crippen LogP contribution is 2.36. The van der Waals surface area contributed by atoms with Crippen LogP contribution in [0.2, 0.25) is 0 Å². The molecule has 0 radical (unpaired) electrons. The third-order valence-corrected chi connectivity index (χ3v) is 7.66. The Kier molecular flexibility index (Phi) is 4.60. The van der Waals surface area contributed by atoms with Crippen molar-refractivity contribution in [3.8, 4) is 0 Å². The number of aryl methyl sites for hydroxylation is 2. The first-order chi connectivity index (χ1) is 12.9. The summed E-state index contributed by atoms with van der Waals surface area (Å²) in [6.45, 7) is 2.65. The van der Waals surface area contributed by atoms with Gasteiger partial charge in [0.15, 0.2) is 5.76 Å². The fourth-order valence-electron chi connectivity index (χ4n) is 4.15. The molecular weight excluding hydrogens is 364 g/mol. The molecule has 4 rings (SSSR count). The number of hydrogen-bond acceptors (Lipinski definition) is 4. The first-order valence-electron chi connectivity index (χ1n) is 9.35. The number of hydrogen-bond donors (Lipinski definition) is 0. The third-order valence-electron chi connectivity index (χ3n) is 5.65. The summed E-state index contributed by atoms with van der Waals surface area (Å²) in [7, 11) is -1.86. The van der Waals surface area contributed by atoms with Gasteiger partial charge in [0, 0.05) is 26.2 Å². The summed E-state index contributed by atoms with van der Waals surface area (Å²) in [6, 6.07) is 9.50. The van der Waals surface area contributed by atoms with Crippen molar-refractivity contribution in [3.05, 3.63) is 53.0 Å². The van der Waals surface area contributed by atoms with Gasteiger partial charge < -0.3 is 9.32 Å². The Bertz CT molecular complexity index is 974. The molecule has 1 amide bonds. The van der Waals surface area contributed by atoms with Crippen molar-refractivity contribution in [1.29, 1.82) is 0 Å². The van der Waals surface area contributed by atoms with Crippen LogP contribution in [0.1, 0.15) is 52.7 Å². The van der Waals surface area contributed by atoms with Crippen LogP contribution in [0.25, 0.3) is 0 Å². The molecule has 0 bridgehead atoms. The molecule has 1 aromatic heterocycles. The van der Waals surface area contributed by atoms with Gasteiger partial charge >= 0.3 is 0 Å². The smallest absolute Gasteiger partial charge is 0.289 e. The molecule has 6 nitrogen and oxygen atoms in total. The van der Waals surface area contributed by atoms with E-state index in [-0.39, 0.29) is 28.4 Å². The van der Waals surface area contributed by atoms with Gasteiger partial charge in [0.05, 0.1) is 6.04 Å². The highest BCUT2D eigenvalue weighted by atomic mass is 32.2. The zero-order valence-electron chi connectivity index (χ0n) is 15.6. The minimum absolute atomic E-state index is 0.0160. The van der Waals surface area contributed by atoms with E-state index in [1.807, 2.05) is 18.2 Å². The summed E-state index contributed by atoms with van der Waals surface area (Å²) in [5.74, 6) is 0.0605. The van der Waals surface area contributed by atoms with Gasteiger partial charge in [-0.3, -0.25) is 4.79 Å². The number of nitrogens with zero attached hydrogens (tertiary/aromatic N) is 2. The topological polar surface area (TPSA) is 70.8 Å². The molecule has 0 saturated carbocycles. The summed E-state index contributed by atoms with van der Waals surface area (Å²) in [5.41, 5.74) is 2.41. The molecular formula is C20H24N2O4S. The Hall–Kier alpha value is -2.12. The number of benzene rings is 1. The SMILES string of the molecule is Cc1oc(C(=O)N(C)C2CCc3ccccc32)cc1S(=O)(=O)N1CCCC1. The molecule has 1 aliphatic carbocycles. The number of sulfonamides is 1. The molecule has 144 valence electrons. The lowest BCUT2D eigenvalue weighted by molar-refractivity contribution is 0.0697. The van der Waals surface area contributed by atoms with Crippen LogP contribution in [0.5, 0.6) is 0 Å². The maximum atomic E-state index is 13.0. The van der Waals surface area contributed by atoms with Gasteiger partial charge in [-0.05, 0) is 43.7 Å². The summed E-state index contributed by atoms with van der Waals surface area (Å²) >= 11 is 0. The third kappa shape index (κ3) is 3.08. The minimum atomic E-state index is -3.61.